The van der Waals surface area contributed by atoms with Crippen LogP contribution in [0.1, 0.15) is 47.8 Å². The highest BCUT2D eigenvalue weighted by Gasteiger charge is 2.41. The highest BCUT2D eigenvalue weighted by molar-refractivity contribution is 6.04. The van der Waals surface area contributed by atoms with E-state index in [4.69, 9.17) is 4.74 Å². The zero-order chi connectivity index (χ0) is 18.7. The monoisotopic (exact) mass is 352 g/mol. The summed E-state index contributed by atoms with van der Waals surface area (Å²) in [6.45, 7) is 4.30. The molecule has 1 heterocycles. The molecule has 0 saturated carbocycles. The average molecular weight is 352 g/mol. The Bertz CT molecular complexity index is 818. The lowest BCUT2D eigenvalue weighted by molar-refractivity contribution is -0.126. The SMILES string of the molecule is CC[C@H](C)NC(=O)[C@@H]1c2ccccc2C(=O)N1Cc1ccccc1OC. The maximum absolute atomic E-state index is 13.0. The molecule has 5 heteroatoms. The predicted octanol–water partition coefficient (Wildman–Crippen LogP) is 3.31. The Kier molecular flexibility index (Phi) is 5.26. The van der Waals surface area contributed by atoms with Gasteiger partial charge in [0.25, 0.3) is 5.91 Å². The number of nitrogens with one attached hydrogen (secondary N) is 1. The van der Waals surface area contributed by atoms with Gasteiger partial charge in [-0.05, 0) is 31.0 Å². The van der Waals surface area contributed by atoms with E-state index in [1.807, 2.05) is 56.3 Å². The molecule has 1 aliphatic heterocycles. The number of ether oxygens (including phenoxy) is 1. The van der Waals surface area contributed by atoms with E-state index >= 15 is 0 Å². The molecule has 0 aliphatic carbocycles. The lowest BCUT2D eigenvalue weighted by Crippen LogP contribution is -2.42. The van der Waals surface area contributed by atoms with Gasteiger partial charge < -0.3 is 15.0 Å². The van der Waals surface area contributed by atoms with Crippen molar-refractivity contribution in [2.24, 2.45) is 0 Å². The van der Waals surface area contributed by atoms with Crippen molar-refractivity contribution in [3.05, 3.63) is 65.2 Å². The number of amides is 2. The third kappa shape index (κ3) is 3.29. The Balaban J connectivity index is 1.96. The Hall–Kier alpha value is -2.82. The van der Waals surface area contributed by atoms with Gasteiger partial charge in [-0.2, -0.15) is 0 Å². The average Bonchev–Trinajstić information content (AvgIpc) is 2.94. The van der Waals surface area contributed by atoms with E-state index in [-0.39, 0.29) is 17.9 Å². The molecule has 136 valence electrons. The first-order valence-electron chi connectivity index (χ1n) is 8.89. The van der Waals surface area contributed by atoms with Crippen molar-refractivity contribution in [1.29, 1.82) is 0 Å². The van der Waals surface area contributed by atoms with Crippen LogP contribution in [-0.2, 0) is 11.3 Å². The Labute approximate surface area is 154 Å². The van der Waals surface area contributed by atoms with Gasteiger partial charge in [-0.1, -0.05) is 43.3 Å². The molecule has 3 rings (SSSR count). The largest absolute Gasteiger partial charge is 0.496 e. The van der Waals surface area contributed by atoms with Crippen LogP contribution in [0.2, 0.25) is 0 Å². The molecule has 0 radical (unpaired) electrons. The normalized spacial score (nSPS) is 17.0. The molecule has 0 saturated heterocycles. The number of nitrogens with zero attached hydrogens (tertiary/aromatic N) is 1. The van der Waals surface area contributed by atoms with Crippen molar-refractivity contribution in [2.75, 3.05) is 7.11 Å². The van der Waals surface area contributed by atoms with Crippen molar-refractivity contribution in [3.8, 4) is 5.75 Å². The number of carbonyl (C=O) groups excluding carboxylic acids is 2. The molecule has 2 aromatic rings. The summed E-state index contributed by atoms with van der Waals surface area (Å²) in [5.74, 6) is 0.431. The summed E-state index contributed by atoms with van der Waals surface area (Å²) in [7, 11) is 1.60. The number of carbonyl (C=O) groups is 2. The predicted molar refractivity (Wildman–Crippen MR) is 99.9 cm³/mol. The van der Waals surface area contributed by atoms with Gasteiger partial charge in [-0.3, -0.25) is 9.59 Å². The molecule has 0 fully saturated rings. The summed E-state index contributed by atoms with van der Waals surface area (Å²) in [5.41, 5.74) is 2.22. The molecular formula is C21H24N2O3. The first-order valence-corrected chi connectivity index (χ1v) is 8.89. The van der Waals surface area contributed by atoms with Crippen molar-refractivity contribution >= 4 is 11.8 Å². The van der Waals surface area contributed by atoms with E-state index in [1.54, 1.807) is 18.1 Å². The van der Waals surface area contributed by atoms with Crippen molar-refractivity contribution in [3.63, 3.8) is 0 Å². The molecule has 1 aliphatic rings. The van der Waals surface area contributed by atoms with Gasteiger partial charge in [0, 0.05) is 17.2 Å². The Morgan fingerprint density at radius 3 is 2.62 bits per heavy atom. The molecule has 2 amide bonds. The minimum atomic E-state index is -0.627. The summed E-state index contributed by atoms with van der Waals surface area (Å²) < 4.78 is 5.41. The van der Waals surface area contributed by atoms with Gasteiger partial charge in [0.05, 0.1) is 13.7 Å². The molecule has 0 unspecified atom stereocenters. The maximum Gasteiger partial charge on any atom is 0.255 e. The van der Waals surface area contributed by atoms with Gasteiger partial charge >= 0.3 is 0 Å². The van der Waals surface area contributed by atoms with Crippen LogP contribution in [-0.4, -0.2) is 29.9 Å². The van der Waals surface area contributed by atoms with Gasteiger partial charge in [0.2, 0.25) is 5.91 Å². The minimum absolute atomic E-state index is 0.0541. The van der Waals surface area contributed by atoms with E-state index in [0.29, 0.717) is 17.9 Å². The van der Waals surface area contributed by atoms with E-state index in [0.717, 1.165) is 17.5 Å². The van der Waals surface area contributed by atoms with Crippen LogP contribution in [0.3, 0.4) is 0 Å². The van der Waals surface area contributed by atoms with Crippen LogP contribution in [0.15, 0.2) is 48.5 Å². The highest BCUT2D eigenvalue weighted by Crippen LogP contribution is 2.36. The molecule has 2 aromatic carbocycles. The molecule has 1 N–H and O–H groups in total. The van der Waals surface area contributed by atoms with E-state index in [1.165, 1.54) is 0 Å². The van der Waals surface area contributed by atoms with E-state index in [2.05, 4.69) is 5.32 Å². The van der Waals surface area contributed by atoms with Gasteiger partial charge in [0.15, 0.2) is 0 Å². The molecule has 5 nitrogen and oxygen atoms in total. The summed E-state index contributed by atoms with van der Waals surface area (Å²) in [6, 6.07) is 14.3. The molecule has 0 aromatic heterocycles. The van der Waals surface area contributed by atoms with Crippen LogP contribution in [0.5, 0.6) is 5.75 Å². The molecule has 0 spiro atoms. The fourth-order valence-corrected chi connectivity index (χ4v) is 3.26. The smallest absolute Gasteiger partial charge is 0.255 e. The second-order valence-electron chi connectivity index (χ2n) is 6.55. The highest BCUT2D eigenvalue weighted by atomic mass is 16.5. The van der Waals surface area contributed by atoms with Gasteiger partial charge in [-0.25, -0.2) is 0 Å². The second kappa shape index (κ2) is 7.60. The van der Waals surface area contributed by atoms with Crippen molar-refractivity contribution in [2.45, 2.75) is 38.9 Å². The zero-order valence-electron chi connectivity index (χ0n) is 15.4. The number of hydrogen-bond acceptors (Lipinski definition) is 3. The lowest BCUT2D eigenvalue weighted by atomic mass is 10.0. The number of para-hydroxylation sites is 1. The summed E-state index contributed by atoms with van der Waals surface area (Å²) in [6.07, 6.45) is 0.834. The van der Waals surface area contributed by atoms with E-state index in [9.17, 15) is 9.59 Å². The Morgan fingerprint density at radius 2 is 1.88 bits per heavy atom. The summed E-state index contributed by atoms with van der Waals surface area (Å²) >= 11 is 0. The van der Waals surface area contributed by atoms with Crippen LogP contribution in [0, 0.1) is 0 Å². The number of methoxy groups -OCH3 is 1. The maximum atomic E-state index is 13.0. The third-order valence-electron chi connectivity index (χ3n) is 4.84. The molecular weight excluding hydrogens is 328 g/mol. The quantitative estimate of drug-likeness (QED) is 0.868. The lowest BCUT2D eigenvalue weighted by Gasteiger charge is -2.26. The van der Waals surface area contributed by atoms with Crippen molar-refractivity contribution < 1.29 is 14.3 Å². The number of fused-ring (bicyclic) bond motifs is 1. The fourth-order valence-electron chi connectivity index (χ4n) is 3.26. The minimum Gasteiger partial charge on any atom is -0.496 e. The zero-order valence-corrected chi connectivity index (χ0v) is 15.4. The first-order chi connectivity index (χ1) is 12.6. The first kappa shape index (κ1) is 18.0. The molecule has 26 heavy (non-hydrogen) atoms. The Morgan fingerprint density at radius 1 is 1.19 bits per heavy atom. The van der Waals surface area contributed by atoms with Gasteiger partial charge in [-0.15, -0.1) is 0 Å². The van der Waals surface area contributed by atoms with Crippen LogP contribution in [0.4, 0.5) is 0 Å². The number of hydrogen-bond donors (Lipinski definition) is 1. The summed E-state index contributed by atoms with van der Waals surface area (Å²) in [4.78, 5) is 27.5. The fraction of sp³-hybridized carbons (Fsp3) is 0.333. The van der Waals surface area contributed by atoms with Gasteiger partial charge in [0.1, 0.15) is 11.8 Å². The van der Waals surface area contributed by atoms with Crippen LogP contribution >= 0.6 is 0 Å². The number of benzene rings is 2. The topological polar surface area (TPSA) is 58.6 Å². The van der Waals surface area contributed by atoms with Crippen LogP contribution < -0.4 is 10.1 Å². The molecule has 0 bridgehead atoms. The summed E-state index contributed by atoms with van der Waals surface area (Å²) in [5, 5.41) is 3.01. The standard InChI is InChI=1S/C21H24N2O3/c1-4-14(2)22-20(24)19-16-10-6-7-11-17(16)21(25)23(19)13-15-9-5-8-12-18(15)26-3/h5-12,14,19H,4,13H2,1-3H3,(H,22,24)/t14-,19-/m0/s1. The van der Waals surface area contributed by atoms with Crippen LogP contribution in [0.25, 0.3) is 0 Å². The second-order valence-corrected chi connectivity index (χ2v) is 6.55. The molecule has 2 atom stereocenters. The third-order valence-corrected chi connectivity index (χ3v) is 4.84. The van der Waals surface area contributed by atoms with E-state index < -0.39 is 6.04 Å². The number of rotatable bonds is 6. The van der Waals surface area contributed by atoms with Crippen molar-refractivity contribution in [1.82, 2.24) is 10.2 Å².